The molecule has 1 fully saturated rings. The molecule has 0 aliphatic heterocycles. The fourth-order valence-corrected chi connectivity index (χ4v) is 3.83. The van der Waals surface area contributed by atoms with Gasteiger partial charge in [-0.15, -0.1) is 0 Å². The Morgan fingerprint density at radius 2 is 1.76 bits per heavy atom. The van der Waals surface area contributed by atoms with Gasteiger partial charge < -0.3 is 15.8 Å². The first-order valence-corrected chi connectivity index (χ1v) is 10.1. The van der Waals surface area contributed by atoms with E-state index >= 15 is 0 Å². The number of hydrogen-bond donors (Lipinski definition) is 3. The van der Waals surface area contributed by atoms with Crippen molar-refractivity contribution in [2.75, 3.05) is 13.2 Å². The summed E-state index contributed by atoms with van der Waals surface area (Å²) in [4.78, 5) is 3.08. The van der Waals surface area contributed by atoms with E-state index in [-0.39, 0.29) is 11.7 Å². The summed E-state index contributed by atoms with van der Waals surface area (Å²) >= 11 is 0. The molecule has 29 heavy (non-hydrogen) atoms. The number of aliphatic hydroxyl groups is 1. The van der Waals surface area contributed by atoms with Crippen LogP contribution in [0.2, 0.25) is 0 Å². The van der Waals surface area contributed by atoms with Crippen LogP contribution in [-0.4, -0.2) is 23.2 Å². The van der Waals surface area contributed by atoms with E-state index in [2.05, 4.69) is 11.9 Å². The van der Waals surface area contributed by atoms with Gasteiger partial charge in [0.15, 0.2) is 0 Å². The predicted octanol–water partition coefficient (Wildman–Crippen LogP) is 5.48. The summed E-state index contributed by atoms with van der Waals surface area (Å²) in [6, 6.07) is 8.28. The Hall–Kier alpha value is -2.31. The smallest absolute Gasteiger partial charge is 0.150 e. The first-order chi connectivity index (χ1) is 14.0. The number of halogens is 3. The number of aromatic amines is 1. The van der Waals surface area contributed by atoms with Crippen LogP contribution in [0.15, 0.2) is 36.4 Å². The molecule has 0 spiro atoms. The number of unbranched alkanes of at least 4 members (excludes halogenated alkanes) is 1. The van der Waals surface area contributed by atoms with E-state index < -0.39 is 11.6 Å². The summed E-state index contributed by atoms with van der Waals surface area (Å²) in [5, 5.41) is 8.63. The summed E-state index contributed by atoms with van der Waals surface area (Å²) < 4.78 is 41.2. The van der Waals surface area contributed by atoms with Crippen molar-refractivity contribution in [2.24, 2.45) is 11.7 Å². The maximum Gasteiger partial charge on any atom is 0.150 e. The second-order valence-electron chi connectivity index (χ2n) is 7.58. The van der Waals surface area contributed by atoms with Crippen molar-refractivity contribution in [1.29, 1.82) is 0 Å². The van der Waals surface area contributed by atoms with Gasteiger partial charge in [0.25, 0.3) is 0 Å². The zero-order chi connectivity index (χ0) is 21.0. The molecule has 3 aromatic rings. The van der Waals surface area contributed by atoms with E-state index in [0.29, 0.717) is 30.0 Å². The molecule has 0 bridgehead atoms. The molecule has 0 saturated heterocycles. The minimum atomic E-state index is -0.616. The van der Waals surface area contributed by atoms with Crippen LogP contribution in [-0.2, 0) is 0 Å². The van der Waals surface area contributed by atoms with Crippen molar-refractivity contribution in [2.45, 2.75) is 38.5 Å². The monoisotopic (exact) mass is 404 g/mol. The van der Waals surface area contributed by atoms with Crippen molar-refractivity contribution < 1.29 is 18.3 Å². The summed E-state index contributed by atoms with van der Waals surface area (Å²) in [6.07, 6.45) is 3.84. The second-order valence-corrected chi connectivity index (χ2v) is 7.58. The Bertz CT molecular complexity index is 945. The normalized spacial score (nSPS) is 18.3. The largest absolute Gasteiger partial charge is 0.396 e. The lowest BCUT2D eigenvalue weighted by Crippen LogP contribution is -2.28. The van der Waals surface area contributed by atoms with E-state index in [1.807, 2.05) is 0 Å². The van der Waals surface area contributed by atoms with Crippen molar-refractivity contribution in [3.05, 3.63) is 59.4 Å². The molecule has 0 atom stereocenters. The van der Waals surface area contributed by atoms with E-state index in [4.69, 9.17) is 10.8 Å². The highest BCUT2D eigenvalue weighted by Crippen LogP contribution is 2.47. The standard InChI is InChI=1S/C19H17F3N2.C4H10O/c20-13-3-1-11(2-4-13)18-17(12-5-10(6-12)9-23)15-7-14(21)8-16(22)19(15)24-18;1-2-3-4-5/h1-4,7-8,10,12,24H,5-6,9,23H2;5H,2-4H2,1H3. The first kappa shape index (κ1) is 21.4. The Balaban J connectivity index is 0.000000431. The highest BCUT2D eigenvalue weighted by atomic mass is 19.1. The van der Waals surface area contributed by atoms with Gasteiger partial charge in [0.05, 0.1) is 11.2 Å². The third-order valence-electron chi connectivity index (χ3n) is 5.49. The van der Waals surface area contributed by atoms with Gasteiger partial charge in [-0.2, -0.15) is 0 Å². The number of benzene rings is 2. The molecule has 1 saturated carbocycles. The Morgan fingerprint density at radius 3 is 2.31 bits per heavy atom. The van der Waals surface area contributed by atoms with Crippen LogP contribution in [0.1, 0.15) is 44.1 Å². The maximum absolute atomic E-state index is 14.2. The molecule has 156 valence electrons. The molecule has 1 aliphatic rings. The summed E-state index contributed by atoms with van der Waals surface area (Å²) in [7, 11) is 0. The third kappa shape index (κ3) is 4.65. The predicted molar refractivity (Wildman–Crippen MR) is 110 cm³/mol. The highest BCUT2D eigenvalue weighted by Gasteiger charge is 2.33. The van der Waals surface area contributed by atoms with Gasteiger partial charge in [-0.1, -0.05) is 13.3 Å². The molecule has 0 radical (unpaired) electrons. The molecule has 1 heterocycles. The van der Waals surface area contributed by atoms with Crippen molar-refractivity contribution >= 4 is 10.9 Å². The van der Waals surface area contributed by atoms with Crippen LogP contribution in [0, 0.1) is 23.4 Å². The number of aliphatic hydroxyl groups excluding tert-OH is 1. The van der Waals surface area contributed by atoms with Gasteiger partial charge in [0.2, 0.25) is 0 Å². The van der Waals surface area contributed by atoms with E-state index in [1.165, 1.54) is 18.2 Å². The lowest BCUT2D eigenvalue weighted by Gasteiger charge is -2.35. The molecule has 0 amide bonds. The van der Waals surface area contributed by atoms with Crippen LogP contribution >= 0.6 is 0 Å². The van der Waals surface area contributed by atoms with Gasteiger partial charge >= 0.3 is 0 Å². The number of nitrogens with one attached hydrogen (secondary N) is 1. The second kappa shape index (κ2) is 9.46. The lowest BCUT2D eigenvalue weighted by molar-refractivity contribution is 0.274. The highest BCUT2D eigenvalue weighted by molar-refractivity contribution is 5.92. The maximum atomic E-state index is 14.2. The van der Waals surface area contributed by atoms with E-state index in [1.54, 1.807) is 12.1 Å². The number of H-pyrrole nitrogens is 1. The lowest BCUT2D eigenvalue weighted by atomic mass is 9.70. The molecule has 4 N–H and O–H groups in total. The summed E-state index contributed by atoms with van der Waals surface area (Å²) in [5.74, 6) is -0.900. The number of hydrogen-bond acceptors (Lipinski definition) is 2. The number of nitrogens with two attached hydrogens (primary N) is 1. The molecule has 4 rings (SSSR count). The summed E-state index contributed by atoms with van der Waals surface area (Å²) in [5.41, 5.74) is 8.40. The Morgan fingerprint density at radius 1 is 1.07 bits per heavy atom. The van der Waals surface area contributed by atoms with Crippen LogP contribution in [0.3, 0.4) is 0 Å². The Labute approximate surface area is 168 Å². The molecule has 2 aromatic carbocycles. The minimum absolute atomic E-state index is 0.202. The number of rotatable bonds is 5. The van der Waals surface area contributed by atoms with Crippen LogP contribution < -0.4 is 5.73 Å². The summed E-state index contributed by atoms with van der Waals surface area (Å²) in [6.45, 7) is 3.01. The molecular weight excluding hydrogens is 377 g/mol. The van der Waals surface area contributed by atoms with Crippen LogP contribution in [0.5, 0.6) is 0 Å². The average molecular weight is 404 g/mol. The van der Waals surface area contributed by atoms with Crippen molar-refractivity contribution in [3.63, 3.8) is 0 Å². The molecule has 1 aromatic heterocycles. The average Bonchev–Trinajstić information content (AvgIpc) is 3.02. The van der Waals surface area contributed by atoms with Crippen LogP contribution in [0.4, 0.5) is 13.2 Å². The van der Waals surface area contributed by atoms with Gasteiger partial charge in [-0.05, 0) is 79.1 Å². The SMILES string of the molecule is CCCCO.NCC1CC(c2c(-c3ccc(F)cc3)[nH]c3c(F)cc(F)cc23)C1. The topological polar surface area (TPSA) is 62.0 Å². The zero-order valence-electron chi connectivity index (χ0n) is 16.5. The van der Waals surface area contributed by atoms with E-state index in [9.17, 15) is 13.2 Å². The van der Waals surface area contributed by atoms with Crippen molar-refractivity contribution in [3.8, 4) is 11.3 Å². The first-order valence-electron chi connectivity index (χ1n) is 10.1. The van der Waals surface area contributed by atoms with Gasteiger partial charge in [0, 0.05) is 18.1 Å². The molecular formula is C23H27F3N2O. The Kier molecular flexibility index (Phi) is 6.98. The van der Waals surface area contributed by atoms with Crippen molar-refractivity contribution in [1.82, 2.24) is 4.98 Å². The third-order valence-corrected chi connectivity index (χ3v) is 5.49. The van der Waals surface area contributed by atoms with Gasteiger partial charge in [-0.25, -0.2) is 13.2 Å². The van der Waals surface area contributed by atoms with Crippen LogP contribution in [0.25, 0.3) is 22.2 Å². The number of aromatic nitrogens is 1. The fraction of sp³-hybridized carbons (Fsp3) is 0.391. The zero-order valence-corrected chi connectivity index (χ0v) is 16.5. The molecule has 1 aliphatic carbocycles. The molecule has 0 unspecified atom stereocenters. The fourth-order valence-electron chi connectivity index (χ4n) is 3.83. The molecule has 6 heteroatoms. The minimum Gasteiger partial charge on any atom is -0.396 e. The van der Waals surface area contributed by atoms with Gasteiger partial charge in [0.1, 0.15) is 17.5 Å². The molecule has 3 nitrogen and oxygen atoms in total. The van der Waals surface area contributed by atoms with Gasteiger partial charge in [-0.3, -0.25) is 0 Å². The number of fused-ring (bicyclic) bond motifs is 1. The quantitative estimate of drug-likeness (QED) is 0.527. The van der Waals surface area contributed by atoms with E-state index in [0.717, 1.165) is 48.6 Å².